The zero-order chi connectivity index (χ0) is 32.7. The fraction of sp³-hybridized carbons (Fsp3) is 0.976. The summed E-state index contributed by atoms with van der Waals surface area (Å²) in [5.41, 5.74) is 0. The van der Waals surface area contributed by atoms with Crippen LogP contribution in [0.15, 0.2) is 0 Å². The molecule has 0 aliphatic heterocycles. The van der Waals surface area contributed by atoms with Gasteiger partial charge in [-0.05, 0) is 19.3 Å². The van der Waals surface area contributed by atoms with Gasteiger partial charge in [0.15, 0.2) is 6.10 Å². The van der Waals surface area contributed by atoms with E-state index < -0.39 is 0 Å². The summed E-state index contributed by atoms with van der Waals surface area (Å²) in [5, 5.41) is 0. The molecular weight excluding hydrogens is 552 g/mol. The third kappa shape index (κ3) is 36.1. The molecule has 3 heteroatoms. The van der Waals surface area contributed by atoms with Crippen molar-refractivity contribution in [3.05, 3.63) is 0 Å². The van der Waals surface area contributed by atoms with Crippen molar-refractivity contribution < 1.29 is 14.3 Å². The second-order valence-electron chi connectivity index (χ2n) is 14.3. The van der Waals surface area contributed by atoms with E-state index in [-0.39, 0.29) is 12.1 Å². The zero-order valence-corrected chi connectivity index (χ0v) is 31.5. The maximum atomic E-state index is 12.9. The first-order chi connectivity index (χ1) is 22.3. The average molecular weight is 637 g/mol. The lowest BCUT2D eigenvalue weighted by Gasteiger charge is -2.17. The summed E-state index contributed by atoms with van der Waals surface area (Å²) < 4.78 is 11.9. The molecule has 0 saturated heterocycles. The van der Waals surface area contributed by atoms with Gasteiger partial charge in [0, 0.05) is 6.61 Å². The number of hydrogen-bond donors (Lipinski definition) is 0. The van der Waals surface area contributed by atoms with Gasteiger partial charge in [0.25, 0.3) is 0 Å². The van der Waals surface area contributed by atoms with Crippen LogP contribution in [0.2, 0.25) is 0 Å². The third-order valence-electron chi connectivity index (χ3n) is 9.64. The Bertz CT molecular complexity index is 548. The average Bonchev–Trinajstić information content (AvgIpc) is 3.05. The monoisotopic (exact) mass is 637 g/mol. The topological polar surface area (TPSA) is 35.5 Å². The highest BCUT2D eigenvalue weighted by molar-refractivity contribution is 5.74. The molecule has 0 saturated carbocycles. The smallest absolute Gasteiger partial charge is 0.335 e. The Kier molecular flexibility index (Phi) is 39.1. The Morgan fingerprint density at radius 3 is 0.956 bits per heavy atom. The predicted octanol–water partition coefficient (Wildman–Crippen LogP) is 14.6. The summed E-state index contributed by atoms with van der Waals surface area (Å²) in [7, 11) is 0. The molecule has 0 N–H and O–H groups in total. The van der Waals surface area contributed by atoms with E-state index in [2.05, 4.69) is 20.8 Å². The SMILES string of the molecule is CCCCCCCCCCCCCCCCC(OCCCCCCCCCCCC)C(=O)OCCCCCCCCCCCC. The molecule has 0 rings (SSSR count). The van der Waals surface area contributed by atoms with E-state index in [0.29, 0.717) is 13.2 Å². The Morgan fingerprint density at radius 1 is 0.356 bits per heavy atom. The normalized spacial score (nSPS) is 12.2. The maximum absolute atomic E-state index is 12.9. The molecule has 45 heavy (non-hydrogen) atoms. The minimum Gasteiger partial charge on any atom is -0.464 e. The Balaban J connectivity index is 4.05. The van der Waals surface area contributed by atoms with Gasteiger partial charge in [-0.25, -0.2) is 4.79 Å². The fourth-order valence-electron chi connectivity index (χ4n) is 6.46. The number of unbranched alkanes of at least 4 members (excludes halogenated alkanes) is 31. The third-order valence-corrected chi connectivity index (χ3v) is 9.64. The van der Waals surface area contributed by atoms with Crippen molar-refractivity contribution in [2.24, 2.45) is 0 Å². The number of esters is 1. The van der Waals surface area contributed by atoms with E-state index in [1.807, 2.05) is 0 Å². The van der Waals surface area contributed by atoms with Crippen molar-refractivity contribution in [3.63, 3.8) is 0 Å². The molecule has 0 fully saturated rings. The van der Waals surface area contributed by atoms with E-state index in [9.17, 15) is 4.79 Å². The minimum absolute atomic E-state index is 0.104. The lowest BCUT2D eigenvalue weighted by molar-refractivity contribution is -0.158. The molecule has 0 spiro atoms. The zero-order valence-electron chi connectivity index (χ0n) is 31.5. The van der Waals surface area contributed by atoms with Crippen LogP contribution >= 0.6 is 0 Å². The summed E-state index contributed by atoms with van der Waals surface area (Å²) >= 11 is 0. The van der Waals surface area contributed by atoms with Crippen LogP contribution in [0.3, 0.4) is 0 Å². The second-order valence-corrected chi connectivity index (χ2v) is 14.3. The Morgan fingerprint density at radius 2 is 0.622 bits per heavy atom. The van der Waals surface area contributed by atoms with E-state index in [1.165, 1.54) is 199 Å². The van der Waals surface area contributed by atoms with Gasteiger partial charge in [0.05, 0.1) is 6.61 Å². The quantitative estimate of drug-likeness (QED) is 0.0497. The molecule has 0 radical (unpaired) electrons. The van der Waals surface area contributed by atoms with Crippen LogP contribution in [0.1, 0.15) is 245 Å². The minimum atomic E-state index is -0.357. The molecule has 0 aromatic heterocycles. The summed E-state index contributed by atoms with van der Waals surface area (Å²) in [6.45, 7) is 8.12. The van der Waals surface area contributed by atoms with Crippen molar-refractivity contribution in [2.45, 2.75) is 252 Å². The van der Waals surface area contributed by atoms with Crippen molar-refractivity contribution in [3.8, 4) is 0 Å². The van der Waals surface area contributed by atoms with Gasteiger partial charge in [-0.1, -0.05) is 226 Å². The largest absolute Gasteiger partial charge is 0.464 e. The summed E-state index contributed by atoms with van der Waals surface area (Å²) in [4.78, 5) is 12.9. The van der Waals surface area contributed by atoms with Crippen molar-refractivity contribution in [1.82, 2.24) is 0 Å². The van der Waals surface area contributed by atoms with Crippen LogP contribution in [0.25, 0.3) is 0 Å². The van der Waals surface area contributed by atoms with Crippen LogP contribution in [0.4, 0.5) is 0 Å². The molecule has 0 amide bonds. The molecule has 0 aliphatic rings. The highest BCUT2D eigenvalue weighted by atomic mass is 16.6. The van der Waals surface area contributed by atoms with Crippen LogP contribution in [0, 0.1) is 0 Å². The maximum Gasteiger partial charge on any atom is 0.335 e. The first kappa shape index (κ1) is 44.4. The van der Waals surface area contributed by atoms with E-state index >= 15 is 0 Å². The number of carbonyl (C=O) groups excluding carboxylic acids is 1. The van der Waals surface area contributed by atoms with Gasteiger partial charge in [-0.2, -0.15) is 0 Å². The van der Waals surface area contributed by atoms with Gasteiger partial charge in [0.1, 0.15) is 0 Å². The highest BCUT2D eigenvalue weighted by Crippen LogP contribution is 2.17. The van der Waals surface area contributed by atoms with Gasteiger partial charge < -0.3 is 9.47 Å². The van der Waals surface area contributed by atoms with Crippen LogP contribution in [-0.2, 0) is 14.3 Å². The number of ether oxygens (including phenoxy) is 2. The molecule has 3 nitrogen and oxygen atoms in total. The summed E-state index contributed by atoms with van der Waals surface area (Å²) in [6, 6.07) is 0. The number of hydrogen-bond acceptors (Lipinski definition) is 3. The van der Waals surface area contributed by atoms with Crippen LogP contribution < -0.4 is 0 Å². The molecule has 0 aromatic rings. The van der Waals surface area contributed by atoms with Crippen molar-refractivity contribution >= 4 is 5.97 Å². The standard InChI is InChI=1S/C42H84O3/c1-4-7-10-13-16-19-22-23-24-25-26-29-32-35-38-41(44-39-36-33-30-27-20-17-14-11-8-5-2)42(43)45-40-37-34-31-28-21-18-15-12-9-6-3/h41H,4-40H2,1-3H3. The molecule has 1 unspecified atom stereocenters. The first-order valence-corrected chi connectivity index (χ1v) is 21.0. The lowest BCUT2D eigenvalue weighted by atomic mass is 10.0. The Labute approximate surface area is 284 Å². The summed E-state index contributed by atoms with van der Waals surface area (Å²) in [5.74, 6) is -0.104. The molecular formula is C42H84O3. The summed E-state index contributed by atoms with van der Waals surface area (Å²) in [6.07, 6.45) is 45.7. The van der Waals surface area contributed by atoms with Crippen LogP contribution in [-0.4, -0.2) is 25.3 Å². The van der Waals surface area contributed by atoms with Crippen molar-refractivity contribution in [1.29, 1.82) is 0 Å². The fourth-order valence-corrected chi connectivity index (χ4v) is 6.46. The molecule has 270 valence electrons. The van der Waals surface area contributed by atoms with E-state index in [4.69, 9.17) is 9.47 Å². The molecule has 1 atom stereocenters. The molecule has 0 aliphatic carbocycles. The molecule has 0 heterocycles. The van der Waals surface area contributed by atoms with Gasteiger partial charge in [0.2, 0.25) is 0 Å². The number of rotatable bonds is 39. The van der Waals surface area contributed by atoms with Gasteiger partial charge in [-0.3, -0.25) is 0 Å². The molecule has 0 aromatic carbocycles. The first-order valence-electron chi connectivity index (χ1n) is 21.0. The molecule has 0 bridgehead atoms. The number of carbonyl (C=O) groups is 1. The van der Waals surface area contributed by atoms with Gasteiger partial charge >= 0.3 is 5.97 Å². The Hall–Kier alpha value is -0.570. The highest BCUT2D eigenvalue weighted by Gasteiger charge is 2.20. The predicted molar refractivity (Wildman–Crippen MR) is 199 cm³/mol. The van der Waals surface area contributed by atoms with Crippen molar-refractivity contribution in [2.75, 3.05) is 13.2 Å². The van der Waals surface area contributed by atoms with Crippen LogP contribution in [0.5, 0.6) is 0 Å². The van der Waals surface area contributed by atoms with E-state index in [0.717, 1.165) is 25.7 Å². The second kappa shape index (κ2) is 39.6. The van der Waals surface area contributed by atoms with E-state index in [1.54, 1.807) is 0 Å². The van der Waals surface area contributed by atoms with Gasteiger partial charge in [-0.15, -0.1) is 0 Å². The lowest BCUT2D eigenvalue weighted by Crippen LogP contribution is -2.27.